The summed E-state index contributed by atoms with van der Waals surface area (Å²) in [7, 11) is 0. The SMILES string of the molecule is O=C(CCn1c(CO)nc2ccccc21)N1CCCC2(CCc3cn[nH]c32)C1. The highest BCUT2D eigenvalue weighted by atomic mass is 16.3. The summed E-state index contributed by atoms with van der Waals surface area (Å²) >= 11 is 0. The normalized spacial score (nSPS) is 21.5. The fourth-order valence-corrected chi connectivity index (χ4v) is 5.07. The molecule has 1 aliphatic heterocycles. The third-order valence-corrected chi connectivity index (χ3v) is 6.47. The lowest BCUT2D eigenvalue weighted by atomic mass is 9.77. The van der Waals surface area contributed by atoms with E-state index in [1.54, 1.807) is 0 Å². The average molecular weight is 379 g/mol. The number of hydrogen-bond donors (Lipinski definition) is 2. The van der Waals surface area contributed by atoms with Crippen LogP contribution in [0.1, 0.15) is 42.8 Å². The Hall–Kier alpha value is -2.67. The molecule has 1 saturated heterocycles. The monoisotopic (exact) mass is 379 g/mol. The number of aliphatic hydroxyl groups is 1. The van der Waals surface area contributed by atoms with Gasteiger partial charge in [-0.15, -0.1) is 0 Å². The predicted octanol–water partition coefficient (Wildman–Crippen LogP) is 2.15. The van der Waals surface area contributed by atoms with Gasteiger partial charge in [-0.05, 0) is 43.4 Å². The highest BCUT2D eigenvalue weighted by Gasteiger charge is 2.44. The molecule has 1 amide bonds. The van der Waals surface area contributed by atoms with Crippen molar-refractivity contribution in [2.75, 3.05) is 13.1 Å². The fourth-order valence-electron chi connectivity index (χ4n) is 5.07. The van der Waals surface area contributed by atoms with Gasteiger partial charge in [-0.1, -0.05) is 12.1 Å². The van der Waals surface area contributed by atoms with Crippen LogP contribution in [0.15, 0.2) is 30.5 Å². The van der Waals surface area contributed by atoms with Crippen LogP contribution in [0.3, 0.4) is 0 Å². The van der Waals surface area contributed by atoms with E-state index in [2.05, 4.69) is 15.2 Å². The Balaban J connectivity index is 1.32. The number of aromatic amines is 1. The molecule has 2 N–H and O–H groups in total. The van der Waals surface area contributed by atoms with Gasteiger partial charge in [0.1, 0.15) is 12.4 Å². The minimum absolute atomic E-state index is 0.0533. The molecule has 3 aromatic rings. The first kappa shape index (κ1) is 17.4. The fraction of sp³-hybridized carbons (Fsp3) is 0.476. The summed E-state index contributed by atoms with van der Waals surface area (Å²) in [5.41, 5.74) is 4.43. The highest BCUT2D eigenvalue weighted by molar-refractivity contribution is 5.78. The number of nitrogens with one attached hydrogen (secondary N) is 1. The summed E-state index contributed by atoms with van der Waals surface area (Å²) in [6.07, 6.45) is 6.65. The third kappa shape index (κ3) is 2.73. The number of fused-ring (bicyclic) bond motifs is 3. The molecule has 146 valence electrons. The van der Waals surface area contributed by atoms with Crippen molar-refractivity contribution in [2.45, 2.75) is 50.7 Å². The van der Waals surface area contributed by atoms with E-state index in [0.717, 1.165) is 49.8 Å². The first-order valence-electron chi connectivity index (χ1n) is 10.1. The number of amides is 1. The van der Waals surface area contributed by atoms with E-state index in [1.807, 2.05) is 39.9 Å². The van der Waals surface area contributed by atoms with Gasteiger partial charge in [0.25, 0.3) is 0 Å². The van der Waals surface area contributed by atoms with E-state index in [-0.39, 0.29) is 17.9 Å². The molecule has 0 saturated carbocycles. The minimum Gasteiger partial charge on any atom is -0.388 e. The third-order valence-electron chi connectivity index (χ3n) is 6.47. The topological polar surface area (TPSA) is 87.0 Å². The number of carbonyl (C=O) groups is 1. The van der Waals surface area contributed by atoms with Gasteiger partial charge < -0.3 is 14.6 Å². The number of imidazole rings is 1. The van der Waals surface area contributed by atoms with Crippen molar-refractivity contribution < 1.29 is 9.90 Å². The summed E-state index contributed by atoms with van der Waals surface area (Å²) in [5.74, 6) is 0.788. The number of aromatic nitrogens is 4. The smallest absolute Gasteiger partial charge is 0.224 e. The van der Waals surface area contributed by atoms with Gasteiger partial charge in [0.2, 0.25) is 5.91 Å². The lowest BCUT2D eigenvalue weighted by molar-refractivity contribution is -0.133. The average Bonchev–Trinajstić information content (AvgIpc) is 3.42. The summed E-state index contributed by atoms with van der Waals surface area (Å²) < 4.78 is 1.97. The Labute approximate surface area is 163 Å². The predicted molar refractivity (Wildman–Crippen MR) is 105 cm³/mol. The van der Waals surface area contributed by atoms with Crippen LogP contribution in [0.2, 0.25) is 0 Å². The van der Waals surface area contributed by atoms with Crippen molar-refractivity contribution in [3.8, 4) is 0 Å². The van der Waals surface area contributed by atoms with Crippen molar-refractivity contribution in [3.63, 3.8) is 0 Å². The van der Waals surface area contributed by atoms with Crippen molar-refractivity contribution in [2.24, 2.45) is 0 Å². The van der Waals surface area contributed by atoms with Gasteiger partial charge in [-0.3, -0.25) is 9.89 Å². The van der Waals surface area contributed by atoms with E-state index in [4.69, 9.17) is 0 Å². The second-order valence-corrected chi connectivity index (χ2v) is 8.05. The van der Waals surface area contributed by atoms with Crippen LogP contribution in [0.4, 0.5) is 0 Å². The second-order valence-electron chi connectivity index (χ2n) is 8.05. The maximum atomic E-state index is 13.0. The number of benzene rings is 1. The Morgan fingerprint density at radius 3 is 3.07 bits per heavy atom. The summed E-state index contributed by atoms with van der Waals surface area (Å²) in [6, 6.07) is 7.81. The van der Waals surface area contributed by atoms with Gasteiger partial charge in [0.15, 0.2) is 0 Å². The largest absolute Gasteiger partial charge is 0.388 e. The van der Waals surface area contributed by atoms with Crippen molar-refractivity contribution in [1.29, 1.82) is 0 Å². The molecule has 28 heavy (non-hydrogen) atoms. The van der Waals surface area contributed by atoms with Gasteiger partial charge in [0.05, 0.1) is 17.2 Å². The molecule has 1 aromatic carbocycles. The summed E-state index contributed by atoms with van der Waals surface area (Å²) in [6.45, 7) is 2.01. The lowest BCUT2D eigenvalue weighted by Crippen LogP contribution is -2.48. The Morgan fingerprint density at radius 1 is 1.29 bits per heavy atom. The Bertz CT molecular complexity index is 1020. The van der Waals surface area contributed by atoms with E-state index in [1.165, 1.54) is 11.3 Å². The molecule has 0 radical (unpaired) electrons. The number of para-hydroxylation sites is 2. The van der Waals surface area contributed by atoms with Crippen LogP contribution in [0, 0.1) is 0 Å². The molecule has 5 rings (SSSR count). The minimum atomic E-state index is -0.127. The van der Waals surface area contributed by atoms with Crippen molar-refractivity contribution in [1.82, 2.24) is 24.6 Å². The van der Waals surface area contributed by atoms with Crippen LogP contribution in [0.5, 0.6) is 0 Å². The molecule has 2 aliphatic rings. The molecule has 0 bridgehead atoms. The first-order valence-corrected chi connectivity index (χ1v) is 10.1. The maximum absolute atomic E-state index is 13.0. The van der Waals surface area contributed by atoms with Crippen molar-refractivity contribution >= 4 is 16.9 Å². The molecule has 3 heterocycles. The number of aryl methyl sites for hydroxylation is 2. The zero-order valence-electron chi connectivity index (χ0n) is 15.9. The number of nitrogens with zero attached hydrogens (tertiary/aromatic N) is 4. The zero-order valence-corrected chi connectivity index (χ0v) is 15.9. The van der Waals surface area contributed by atoms with E-state index in [9.17, 15) is 9.90 Å². The number of H-pyrrole nitrogens is 1. The van der Waals surface area contributed by atoms with E-state index >= 15 is 0 Å². The van der Waals surface area contributed by atoms with Crippen LogP contribution in [0.25, 0.3) is 11.0 Å². The molecule has 2 aromatic heterocycles. The zero-order chi connectivity index (χ0) is 19.1. The molecular formula is C21H25N5O2. The Morgan fingerprint density at radius 2 is 2.18 bits per heavy atom. The van der Waals surface area contributed by atoms with Crippen LogP contribution >= 0.6 is 0 Å². The Kier molecular flexibility index (Phi) is 4.19. The van der Waals surface area contributed by atoms with Gasteiger partial charge >= 0.3 is 0 Å². The van der Waals surface area contributed by atoms with Gasteiger partial charge in [0, 0.05) is 37.2 Å². The second kappa shape index (κ2) is 6.74. The van der Waals surface area contributed by atoms with E-state index < -0.39 is 0 Å². The molecule has 1 fully saturated rings. The number of carbonyl (C=O) groups excluding carboxylic acids is 1. The first-order chi connectivity index (χ1) is 13.7. The molecule has 1 atom stereocenters. The molecule has 1 spiro atoms. The van der Waals surface area contributed by atoms with Crippen LogP contribution < -0.4 is 0 Å². The number of likely N-dealkylation sites (tertiary alicyclic amines) is 1. The standard InChI is InChI=1S/C21H25N5O2/c27-13-18-23-16-4-1-2-5-17(16)26(18)11-7-19(28)25-10-3-8-21(14-25)9-6-15-12-22-24-20(15)21/h1-2,4-5,12,27H,3,6-11,13-14H2,(H,22,24). The lowest BCUT2D eigenvalue weighted by Gasteiger charge is -2.40. The molecule has 7 heteroatoms. The van der Waals surface area contributed by atoms with Crippen LogP contribution in [-0.2, 0) is 29.8 Å². The van der Waals surface area contributed by atoms with Crippen molar-refractivity contribution in [3.05, 3.63) is 47.5 Å². The van der Waals surface area contributed by atoms with Gasteiger partial charge in [-0.25, -0.2) is 4.98 Å². The maximum Gasteiger partial charge on any atom is 0.224 e. The molecule has 1 unspecified atom stereocenters. The quantitative estimate of drug-likeness (QED) is 0.727. The number of aliphatic hydroxyl groups excluding tert-OH is 1. The highest BCUT2D eigenvalue weighted by Crippen LogP contribution is 2.43. The number of piperidine rings is 1. The molecule has 7 nitrogen and oxygen atoms in total. The molecular weight excluding hydrogens is 354 g/mol. The number of rotatable bonds is 4. The summed E-state index contributed by atoms with van der Waals surface area (Å²) in [4.78, 5) is 19.5. The van der Waals surface area contributed by atoms with Crippen LogP contribution in [-0.4, -0.2) is 48.8 Å². The molecule has 1 aliphatic carbocycles. The van der Waals surface area contributed by atoms with Gasteiger partial charge in [-0.2, -0.15) is 5.10 Å². The number of hydrogen-bond acceptors (Lipinski definition) is 4. The van der Waals surface area contributed by atoms with E-state index in [0.29, 0.717) is 18.8 Å². The summed E-state index contributed by atoms with van der Waals surface area (Å²) in [5, 5.41) is 17.1.